The topological polar surface area (TPSA) is 12.0 Å². The lowest BCUT2D eigenvalue weighted by atomic mass is 10.1. The van der Waals surface area contributed by atoms with Crippen molar-refractivity contribution in [2.75, 3.05) is 13.6 Å². The van der Waals surface area contributed by atoms with Crippen LogP contribution in [0.3, 0.4) is 0 Å². The lowest BCUT2D eigenvalue weighted by Crippen LogP contribution is -2.07. The molecule has 0 heterocycles. The number of aryl methyl sites for hydroxylation is 1. The minimum atomic E-state index is 0.845. The molecule has 2 heteroatoms. The highest BCUT2D eigenvalue weighted by molar-refractivity contribution is 6.30. The molecule has 1 rings (SSSR count). The van der Waals surface area contributed by atoms with Gasteiger partial charge in [0.25, 0.3) is 0 Å². The first-order valence-electron chi connectivity index (χ1n) is 5.22. The van der Waals surface area contributed by atoms with Crippen molar-refractivity contribution in [3.63, 3.8) is 0 Å². The highest BCUT2D eigenvalue weighted by Crippen LogP contribution is 2.13. The summed E-state index contributed by atoms with van der Waals surface area (Å²) in [6, 6.07) is 8.14. The fraction of sp³-hybridized carbons (Fsp3) is 0.500. The van der Waals surface area contributed by atoms with Gasteiger partial charge in [0.05, 0.1) is 0 Å². The monoisotopic (exact) mass is 211 g/mol. The Labute approximate surface area is 91.5 Å². The zero-order valence-electron chi connectivity index (χ0n) is 8.72. The zero-order valence-corrected chi connectivity index (χ0v) is 9.48. The molecule has 0 fully saturated rings. The summed E-state index contributed by atoms with van der Waals surface area (Å²) in [5.74, 6) is 0. The van der Waals surface area contributed by atoms with E-state index in [2.05, 4.69) is 17.4 Å². The fourth-order valence-electron chi connectivity index (χ4n) is 1.50. The first-order chi connectivity index (χ1) is 6.83. The molecule has 0 spiro atoms. The molecule has 0 aliphatic rings. The minimum Gasteiger partial charge on any atom is -0.320 e. The largest absolute Gasteiger partial charge is 0.320 e. The molecule has 0 amide bonds. The predicted molar refractivity (Wildman–Crippen MR) is 62.9 cm³/mol. The summed E-state index contributed by atoms with van der Waals surface area (Å²) in [6.45, 7) is 1.12. The highest BCUT2D eigenvalue weighted by Gasteiger charge is 1.94. The molecule has 78 valence electrons. The van der Waals surface area contributed by atoms with Crippen molar-refractivity contribution in [3.05, 3.63) is 34.9 Å². The normalized spacial score (nSPS) is 10.4. The molecular formula is C12H18ClN. The molecule has 1 aromatic carbocycles. The molecule has 0 atom stereocenters. The van der Waals surface area contributed by atoms with Crippen LogP contribution in [0.1, 0.15) is 24.8 Å². The fourth-order valence-corrected chi connectivity index (χ4v) is 1.71. The van der Waals surface area contributed by atoms with Gasteiger partial charge in [-0.3, -0.25) is 0 Å². The van der Waals surface area contributed by atoms with E-state index in [1.54, 1.807) is 0 Å². The van der Waals surface area contributed by atoms with Crippen LogP contribution in [0.4, 0.5) is 0 Å². The van der Waals surface area contributed by atoms with Crippen LogP contribution in [-0.2, 0) is 6.42 Å². The molecule has 14 heavy (non-hydrogen) atoms. The van der Waals surface area contributed by atoms with E-state index in [-0.39, 0.29) is 0 Å². The second-order valence-corrected chi connectivity index (χ2v) is 3.98. The van der Waals surface area contributed by atoms with Gasteiger partial charge in [0, 0.05) is 5.02 Å². The predicted octanol–water partition coefficient (Wildman–Crippen LogP) is 3.27. The van der Waals surface area contributed by atoms with E-state index in [0.717, 1.165) is 18.0 Å². The molecule has 0 bridgehead atoms. The molecule has 0 radical (unpaired) electrons. The van der Waals surface area contributed by atoms with Crippen LogP contribution in [0.15, 0.2) is 24.3 Å². The summed E-state index contributed by atoms with van der Waals surface area (Å²) >= 11 is 5.90. The molecule has 0 aliphatic heterocycles. The number of benzene rings is 1. The second-order valence-electron chi connectivity index (χ2n) is 3.54. The minimum absolute atomic E-state index is 0.845. The Morgan fingerprint density at radius 2 is 2.07 bits per heavy atom. The summed E-state index contributed by atoms with van der Waals surface area (Å²) in [7, 11) is 2.00. The van der Waals surface area contributed by atoms with Crippen LogP contribution in [0.25, 0.3) is 0 Å². The van der Waals surface area contributed by atoms with Crippen LogP contribution in [-0.4, -0.2) is 13.6 Å². The SMILES string of the molecule is CNCCCCCc1cccc(Cl)c1. The van der Waals surface area contributed by atoms with Crippen LogP contribution in [0, 0.1) is 0 Å². The summed E-state index contributed by atoms with van der Waals surface area (Å²) in [5, 5.41) is 4.00. The standard InChI is InChI=1S/C12H18ClN/c1-14-9-4-2-3-6-11-7-5-8-12(13)10-11/h5,7-8,10,14H,2-4,6,9H2,1H3. The van der Waals surface area contributed by atoms with Gasteiger partial charge >= 0.3 is 0 Å². The van der Waals surface area contributed by atoms with Gasteiger partial charge in [0.1, 0.15) is 0 Å². The number of unbranched alkanes of at least 4 members (excludes halogenated alkanes) is 2. The van der Waals surface area contributed by atoms with E-state index in [1.165, 1.54) is 24.8 Å². The van der Waals surface area contributed by atoms with Crippen LogP contribution < -0.4 is 5.32 Å². The third-order valence-electron chi connectivity index (χ3n) is 2.28. The van der Waals surface area contributed by atoms with Gasteiger partial charge in [-0.15, -0.1) is 0 Å². The molecule has 0 unspecified atom stereocenters. The molecular weight excluding hydrogens is 194 g/mol. The molecule has 1 aromatic rings. The summed E-state index contributed by atoms with van der Waals surface area (Å²) in [5.41, 5.74) is 1.35. The van der Waals surface area contributed by atoms with Gasteiger partial charge in [0.15, 0.2) is 0 Å². The van der Waals surface area contributed by atoms with Gasteiger partial charge in [0.2, 0.25) is 0 Å². The van der Waals surface area contributed by atoms with E-state index in [4.69, 9.17) is 11.6 Å². The number of rotatable bonds is 6. The van der Waals surface area contributed by atoms with E-state index in [0.29, 0.717) is 0 Å². The van der Waals surface area contributed by atoms with Crippen molar-refractivity contribution in [1.29, 1.82) is 0 Å². The van der Waals surface area contributed by atoms with E-state index in [9.17, 15) is 0 Å². The Morgan fingerprint density at radius 3 is 2.79 bits per heavy atom. The Balaban J connectivity index is 2.18. The Hall–Kier alpha value is -0.530. The second kappa shape index (κ2) is 6.86. The molecule has 0 aliphatic carbocycles. The van der Waals surface area contributed by atoms with Crippen LogP contribution in [0.5, 0.6) is 0 Å². The first-order valence-corrected chi connectivity index (χ1v) is 5.60. The first kappa shape index (κ1) is 11.5. The summed E-state index contributed by atoms with van der Waals surface area (Å²) in [4.78, 5) is 0. The maximum atomic E-state index is 5.90. The molecule has 1 nitrogen and oxygen atoms in total. The van der Waals surface area contributed by atoms with Crippen molar-refractivity contribution in [3.8, 4) is 0 Å². The molecule has 0 saturated heterocycles. The lowest BCUT2D eigenvalue weighted by Gasteiger charge is -2.02. The van der Waals surface area contributed by atoms with Crippen molar-refractivity contribution in [1.82, 2.24) is 5.32 Å². The highest BCUT2D eigenvalue weighted by atomic mass is 35.5. The Bertz CT molecular complexity index is 260. The third-order valence-corrected chi connectivity index (χ3v) is 2.52. The molecule has 0 aromatic heterocycles. The van der Waals surface area contributed by atoms with E-state index < -0.39 is 0 Å². The maximum absolute atomic E-state index is 5.90. The number of hydrogen-bond acceptors (Lipinski definition) is 1. The number of halogens is 1. The number of hydrogen-bond donors (Lipinski definition) is 1. The molecule has 0 saturated carbocycles. The average molecular weight is 212 g/mol. The van der Waals surface area contributed by atoms with Gasteiger partial charge < -0.3 is 5.32 Å². The quantitative estimate of drug-likeness (QED) is 0.713. The van der Waals surface area contributed by atoms with Gasteiger partial charge in [-0.25, -0.2) is 0 Å². The van der Waals surface area contributed by atoms with Gasteiger partial charge in [-0.1, -0.05) is 30.2 Å². The van der Waals surface area contributed by atoms with Gasteiger partial charge in [-0.05, 0) is 50.6 Å². The van der Waals surface area contributed by atoms with Crippen molar-refractivity contribution in [2.45, 2.75) is 25.7 Å². The number of nitrogens with one attached hydrogen (secondary N) is 1. The van der Waals surface area contributed by atoms with Crippen molar-refractivity contribution < 1.29 is 0 Å². The lowest BCUT2D eigenvalue weighted by molar-refractivity contribution is 0.642. The summed E-state index contributed by atoms with van der Waals surface area (Å²) < 4.78 is 0. The van der Waals surface area contributed by atoms with Crippen molar-refractivity contribution >= 4 is 11.6 Å². The Kier molecular flexibility index (Phi) is 5.65. The van der Waals surface area contributed by atoms with Crippen LogP contribution >= 0.6 is 11.6 Å². The zero-order chi connectivity index (χ0) is 10.2. The Morgan fingerprint density at radius 1 is 1.21 bits per heavy atom. The van der Waals surface area contributed by atoms with E-state index >= 15 is 0 Å². The average Bonchev–Trinajstić information content (AvgIpc) is 2.18. The smallest absolute Gasteiger partial charge is 0.0408 e. The third kappa shape index (κ3) is 4.64. The summed E-state index contributed by atoms with van der Waals surface area (Å²) in [6.07, 6.45) is 4.94. The van der Waals surface area contributed by atoms with E-state index in [1.807, 2.05) is 19.2 Å². The molecule has 1 N–H and O–H groups in total. The maximum Gasteiger partial charge on any atom is 0.0408 e. The van der Waals surface area contributed by atoms with Crippen LogP contribution in [0.2, 0.25) is 5.02 Å². The van der Waals surface area contributed by atoms with Crippen molar-refractivity contribution in [2.24, 2.45) is 0 Å². The van der Waals surface area contributed by atoms with Gasteiger partial charge in [-0.2, -0.15) is 0 Å².